The van der Waals surface area contributed by atoms with Gasteiger partial charge < -0.3 is 4.57 Å². The van der Waals surface area contributed by atoms with Crippen molar-refractivity contribution in [2.75, 3.05) is 0 Å². The molecule has 0 saturated carbocycles. The third kappa shape index (κ3) is 1.18. The Morgan fingerprint density at radius 2 is 2.08 bits per heavy atom. The van der Waals surface area contributed by atoms with E-state index >= 15 is 0 Å². The molecule has 0 atom stereocenters. The van der Waals surface area contributed by atoms with Crippen molar-refractivity contribution in [2.24, 2.45) is 7.05 Å². The smallest absolute Gasteiger partial charge is 0.227 e. The maximum atomic E-state index is 11.0. The van der Waals surface area contributed by atoms with E-state index in [9.17, 15) is 9.59 Å². The monoisotopic (exact) mass is 165 g/mol. The maximum absolute atomic E-state index is 11.0. The van der Waals surface area contributed by atoms with Crippen LogP contribution >= 0.6 is 0 Å². The van der Waals surface area contributed by atoms with Crippen molar-refractivity contribution < 1.29 is 9.59 Å². The number of hydrogen-bond donors (Lipinski definition) is 0. The van der Waals surface area contributed by atoms with Gasteiger partial charge in [-0.2, -0.15) is 0 Å². The Labute approximate surface area is 71.0 Å². The summed E-state index contributed by atoms with van der Waals surface area (Å²) in [7, 11) is 1.87. The quantitative estimate of drug-likeness (QED) is 0.373. The molecule has 0 bridgehead atoms. The van der Waals surface area contributed by atoms with E-state index in [-0.39, 0.29) is 0 Å². The van der Waals surface area contributed by atoms with Crippen LogP contribution in [0.1, 0.15) is 21.7 Å². The van der Waals surface area contributed by atoms with Crippen LogP contribution < -0.4 is 0 Å². The Morgan fingerprint density at radius 3 is 2.42 bits per heavy atom. The number of carbonyl (C=O) groups excluding carboxylic acids is 2. The lowest BCUT2D eigenvalue weighted by Crippen LogP contribution is -2.02. The molecular weight excluding hydrogens is 154 g/mol. The summed E-state index contributed by atoms with van der Waals surface area (Å²) < 4.78 is 1.89. The van der Waals surface area contributed by atoms with Crippen LogP contribution in [0.25, 0.3) is 0 Å². The zero-order valence-electron chi connectivity index (χ0n) is 7.42. The third-order valence-corrected chi connectivity index (χ3v) is 2.15. The van der Waals surface area contributed by atoms with Gasteiger partial charge in [-0.05, 0) is 19.9 Å². The Bertz CT molecular complexity index is 337. The first-order chi connectivity index (χ1) is 5.57. The molecule has 3 heteroatoms. The Morgan fingerprint density at radius 1 is 1.50 bits per heavy atom. The summed E-state index contributed by atoms with van der Waals surface area (Å²) in [5.41, 5.74) is 2.33. The average molecular weight is 165 g/mol. The summed E-state index contributed by atoms with van der Waals surface area (Å²) in [6.45, 7) is 3.72. The lowest BCUT2D eigenvalue weighted by Gasteiger charge is -1.98. The molecule has 0 unspecified atom stereocenters. The summed E-state index contributed by atoms with van der Waals surface area (Å²) in [4.78, 5) is 21.2. The van der Waals surface area contributed by atoms with Crippen molar-refractivity contribution in [2.45, 2.75) is 13.8 Å². The molecule has 1 heterocycles. The van der Waals surface area contributed by atoms with E-state index in [1.165, 1.54) is 0 Å². The van der Waals surface area contributed by atoms with Crippen LogP contribution in [-0.2, 0) is 11.8 Å². The van der Waals surface area contributed by atoms with Gasteiger partial charge in [0.1, 0.15) is 0 Å². The Balaban J connectivity index is 3.26. The topological polar surface area (TPSA) is 39.1 Å². The van der Waals surface area contributed by atoms with E-state index in [0.717, 1.165) is 11.4 Å². The maximum Gasteiger partial charge on any atom is 0.227 e. The number of hydrogen-bond acceptors (Lipinski definition) is 2. The molecule has 1 aromatic heterocycles. The molecule has 0 spiro atoms. The highest BCUT2D eigenvalue weighted by Gasteiger charge is 2.12. The second kappa shape index (κ2) is 2.93. The van der Waals surface area contributed by atoms with Crippen LogP contribution in [0.2, 0.25) is 0 Å². The second-order valence-electron chi connectivity index (χ2n) is 2.83. The molecule has 0 aliphatic carbocycles. The Kier molecular flexibility index (Phi) is 2.13. The second-order valence-corrected chi connectivity index (χ2v) is 2.83. The average Bonchev–Trinajstić information content (AvgIpc) is 2.32. The van der Waals surface area contributed by atoms with Crippen LogP contribution in [0, 0.1) is 13.8 Å². The molecule has 1 aromatic rings. The van der Waals surface area contributed by atoms with Gasteiger partial charge in [-0.15, -0.1) is 0 Å². The molecule has 0 radical (unpaired) electrons. The fourth-order valence-corrected chi connectivity index (χ4v) is 1.17. The van der Waals surface area contributed by atoms with Crippen molar-refractivity contribution in [3.63, 3.8) is 0 Å². The van der Waals surface area contributed by atoms with E-state index in [0.29, 0.717) is 11.8 Å². The van der Waals surface area contributed by atoms with Gasteiger partial charge in [0, 0.05) is 24.0 Å². The largest absolute Gasteiger partial charge is 0.351 e. The fourth-order valence-electron chi connectivity index (χ4n) is 1.17. The number of carbonyl (C=O) groups is 2. The molecule has 64 valence electrons. The van der Waals surface area contributed by atoms with E-state index in [1.54, 1.807) is 6.07 Å². The number of nitrogens with zero attached hydrogens (tertiary/aromatic N) is 1. The van der Waals surface area contributed by atoms with Gasteiger partial charge in [-0.1, -0.05) is 0 Å². The van der Waals surface area contributed by atoms with Gasteiger partial charge in [0.25, 0.3) is 0 Å². The molecule has 0 amide bonds. The number of ketones is 1. The van der Waals surface area contributed by atoms with Gasteiger partial charge in [-0.3, -0.25) is 9.59 Å². The van der Waals surface area contributed by atoms with Crippen molar-refractivity contribution >= 4 is 12.1 Å². The van der Waals surface area contributed by atoms with Gasteiger partial charge in [0.15, 0.2) is 6.29 Å². The van der Waals surface area contributed by atoms with Gasteiger partial charge in [-0.25, -0.2) is 0 Å². The molecule has 0 saturated heterocycles. The summed E-state index contributed by atoms with van der Waals surface area (Å²) in [6.07, 6.45) is 0.349. The normalized spacial score (nSPS) is 9.92. The van der Waals surface area contributed by atoms with Crippen LogP contribution in [0.5, 0.6) is 0 Å². The number of aryl methyl sites for hydroxylation is 1. The predicted octanol–water partition coefficient (Wildman–Crippen LogP) is 1.02. The summed E-state index contributed by atoms with van der Waals surface area (Å²) in [5.74, 6) is -0.448. The van der Waals surface area contributed by atoms with Crippen molar-refractivity contribution in [3.05, 3.63) is 23.0 Å². The molecule has 3 nitrogen and oxygen atoms in total. The minimum atomic E-state index is -0.448. The third-order valence-electron chi connectivity index (χ3n) is 2.15. The van der Waals surface area contributed by atoms with E-state index in [1.807, 2.05) is 25.5 Å². The van der Waals surface area contributed by atoms with E-state index < -0.39 is 5.78 Å². The highest BCUT2D eigenvalue weighted by atomic mass is 16.2. The van der Waals surface area contributed by atoms with Gasteiger partial charge >= 0.3 is 0 Å². The van der Waals surface area contributed by atoms with Crippen molar-refractivity contribution in [3.8, 4) is 0 Å². The summed E-state index contributed by atoms with van der Waals surface area (Å²) in [5, 5.41) is 0. The molecule has 12 heavy (non-hydrogen) atoms. The van der Waals surface area contributed by atoms with Crippen LogP contribution in [0.4, 0.5) is 0 Å². The van der Waals surface area contributed by atoms with Crippen LogP contribution in [0.3, 0.4) is 0 Å². The SMILES string of the molecule is Cc1cc(C(=O)C=O)c(C)n1C. The summed E-state index contributed by atoms with van der Waals surface area (Å²) in [6, 6.07) is 1.73. The highest BCUT2D eigenvalue weighted by Crippen LogP contribution is 2.12. The number of Topliss-reactive ketones (excluding diaryl/α,β-unsaturated/α-hetero) is 1. The zero-order valence-corrected chi connectivity index (χ0v) is 7.42. The fraction of sp³-hybridized carbons (Fsp3) is 0.333. The van der Waals surface area contributed by atoms with Crippen molar-refractivity contribution in [1.82, 2.24) is 4.57 Å². The minimum Gasteiger partial charge on any atom is -0.351 e. The van der Waals surface area contributed by atoms with Crippen LogP contribution in [0.15, 0.2) is 6.07 Å². The first-order valence-corrected chi connectivity index (χ1v) is 3.70. The van der Waals surface area contributed by atoms with E-state index in [4.69, 9.17) is 0 Å². The van der Waals surface area contributed by atoms with E-state index in [2.05, 4.69) is 0 Å². The highest BCUT2D eigenvalue weighted by molar-refractivity contribution is 6.33. The predicted molar refractivity (Wildman–Crippen MR) is 45.3 cm³/mol. The van der Waals surface area contributed by atoms with Crippen molar-refractivity contribution in [1.29, 1.82) is 0 Å². The molecular formula is C9H11NO2. The molecule has 0 fully saturated rings. The first-order valence-electron chi connectivity index (χ1n) is 3.70. The lowest BCUT2D eigenvalue weighted by atomic mass is 10.2. The number of rotatable bonds is 2. The summed E-state index contributed by atoms with van der Waals surface area (Å²) >= 11 is 0. The molecule has 0 aliphatic rings. The molecule has 0 aliphatic heterocycles. The lowest BCUT2D eigenvalue weighted by molar-refractivity contribution is -0.104. The Hall–Kier alpha value is -1.38. The zero-order chi connectivity index (χ0) is 9.30. The molecule has 0 aromatic carbocycles. The number of aromatic nitrogens is 1. The van der Waals surface area contributed by atoms with Gasteiger partial charge in [0.2, 0.25) is 5.78 Å². The minimum absolute atomic E-state index is 0.349. The standard InChI is InChI=1S/C9H11NO2/c1-6-4-8(9(12)5-11)7(2)10(6)3/h4-5H,1-3H3. The van der Waals surface area contributed by atoms with Gasteiger partial charge in [0.05, 0.1) is 0 Å². The van der Waals surface area contributed by atoms with Crippen LogP contribution in [-0.4, -0.2) is 16.6 Å². The first kappa shape index (κ1) is 8.71. The molecule has 1 rings (SSSR count). The number of aldehydes is 1. The molecule has 0 N–H and O–H groups in total.